The molecular weight excluding hydrogens is 328 g/mol. The molecule has 0 aliphatic carbocycles. The Hall–Kier alpha value is -1.86. The van der Waals surface area contributed by atoms with Crippen molar-refractivity contribution in [3.05, 3.63) is 36.9 Å². The Balaban J connectivity index is 1.76. The van der Waals surface area contributed by atoms with Crippen molar-refractivity contribution < 1.29 is 17.6 Å². The number of hydrogen-bond acceptors (Lipinski definition) is 5. The molecule has 1 fully saturated rings. The average molecular weight is 341 g/mol. The summed E-state index contributed by atoms with van der Waals surface area (Å²) >= 11 is 0. The van der Waals surface area contributed by atoms with Gasteiger partial charge in [-0.15, -0.1) is 0 Å². The molecule has 0 bridgehead atoms. The number of hydrogen-bond donors (Lipinski definition) is 0. The summed E-state index contributed by atoms with van der Waals surface area (Å²) in [5.74, 6) is 0.0829. The second-order valence-electron chi connectivity index (χ2n) is 5.19. The van der Waals surface area contributed by atoms with E-state index in [0.29, 0.717) is 12.3 Å². The number of oxazole rings is 1. The zero-order valence-electron chi connectivity index (χ0n) is 11.5. The van der Waals surface area contributed by atoms with Crippen molar-refractivity contribution in [2.45, 2.75) is 6.42 Å². The van der Waals surface area contributed by atoms with Crippen molar-refractivity contribution in [3.63, 3.8) is 0 Å². The summed E-state index contributed by atoms with van der Waals surface area (Å²) in [7, 11) is 1.66. The van der Waals surface area contributed by atoms with Crippen LogP contribution in [0.15, 0.2) is 41.3 Å². The van der Waals surface area contributed by atoms with Crippen molar-refractivity contribution in [3.8, 4) is 11.3 Å². The molecule has 1 aromatic heterocycles. The van der Waals surface area contributed by atoms with Crippen LogP contribution in [0.25, 0.3) is 11.3 Å². The summed E-state index contributed by atoms with van der Waals surface area (Å²) in [6.45, 7) is 0.354. The first-order chi connectivity index (χ1) is 10.4. The van der Waals surface area contributed by atoms with E-state index in [1.807, 2.05) is 12.1 Å². The van der Waals surface area contributed by atoms with Crippen LogP contribution in [0.2, 0.25) is 0 Å². The molecule has 1 amide bonds. The first-order valence-corrected chi connectivity index (χ1v) is 9.12. The zero-order valence-corrected chi connectivity index (χ0v) is 13.0. The quantitative estimate of drug-likeness (QED) is 0.797. The van der Waals surface area contributed by atoms with Crippen LogP contribution in [0.3, 0.4) is 0 Å². The van der Waals surface area contributed by atoms with Gasteiger partial charge in [0.15, 0.2) is 12.2 Å². The molecule has 1 aliphatic rings. The van der Waals surface area contributed by atoms with Crippen LogP contribution in [0.1, 0.15) is 6.42 Å². The number of aromatic nitrogens is 1. The lowest BCUT2D eigenvalue weighted by Gasteiger charge is -2.16. The molecule has 6 nitrogen and oxygen atoms in total. The van der Waals surface area contributed by atoms with Gasteiger partial charge in [0.1, 0.15) is 0 Å². The second-order valence-corrected chi connectivity index (χ2v) is 8.01. The van der Waals surface area contributed by atoms with E-state index in [9.17, 15) is 13.2 Å². The van der Waals surface area contributed by atoms with E-state index in [4.69, 9.17) is 15.1 Å². The Morgan fingerprint density at radius 3 is 2.64 bits per heavy atom. The summed E-state index contributed by atoms with van der Waals surface area (Å²) in [6.07, 6.45) is 3.15. The highest BCUT2D eigenvalue weighted by atomic mass is 35.7. The maximum Gasteiger partial charge on any atom is 0.232 e. The van der Waals surface area contributed by atoms with Crippen molar-refractivity contribution in [1.29, 1.82) is 0 Å². The number of carbonyl (C=O) groups excluding carboxylic acids is 1. The summed E-state index contributed by atoms with van der Waals surface area (Å²) in [6, 6.07) is 7.25. The standard InChI is InChI=1S/C14H13ClN2O4S/c15-22(19,20)8-10-5-14(18)17(7-10)12-3-1-11(2-4-12)13-6-16-9-21-13/h1-4,6,9-10H,5,7-8H2. The van der Waals surface area contributed by atoms with Gasteiger partial charge < -0.3 is 9.32 Å². The third-order valence-corrected chi connectivity index (χ3v) is 4.78. The normalized spacial score (nSPS) is 18.9. The van der Waals surface area contributed by atoms with E-state index in [1.165, 1.54) is 6.39 Å². The minimum atomic E-state index is -3.60. The van der Waals surface area contributed by atoms with Crippen LogP contribution < -0.4 is 4.90 Å². The predicted octanol–water partition coefficient (Wildman–Crippen LogP) is 2.26. The number of carbonyl (C=O) groups is 1. The van der Waals surface area contributed by atoms with E-state index < -0.39 is 9.05 Å². The topological polar surface area (TPSA) is 80.5 Å². The smallest absolute Gasteiger partial charge is 0.232 e. The molecule has 1 unspecified atom stereocenters. The van der Waals surface area contributed by atoms with Crippen molar-refractivity contribution >= 4 is 31.3 Å². The highest BCUT2D eigenvalue weighted by Crippen LogP contribution is 2.28. The monoisotopic (exact) mass is 340 g/mol. The fourth-order valence-corrected chi connectivity index (χ4v) is 3.91. The Labute approximate surface area is 132 Å². The van der Waals surface area contributed by atoms with Crippen LogP contribution in [0.4, 0.5) is 5.69 Å². The van der Waals surface area contributed by atoms with Crippen LogP contribution in [-0.2, 0) is 13.8 Å². The SMILES string of the molecule is O=C1CC(CS(=O)(=O)Cl)CN1c1ccc(-c2cnco2)cc1. The lowest BCUT2D eigenvalue weighted by atomic mass is 10.1. The van der Waals surface area contributed by atoms with Gasteiger partial charge in [-0.05, 0) is 24.3 Å². The molecule has 1 aromatic carbocycles. The van der Waals surface area contributed by atoms with Crippen LogP contribution in [0.5, 0.6) is 0 Å². The molecule has 22 heavy (non-hydrogen) atoms. The zero-order chi connectivity index (χ0) is 15.7. The van der Waals surface area contributed by atoms with Crippen LogP contribution in [0, 0.1) is 5.92 Å². The minimum Gasteiger partial charge on any atom is -0.444 e. The lowest BCUT2D eigenvalue weighted by Crippen LogP contribution is -2.25. The first-order valence-electron chi connectivity index (χ1n) is 6.64. The number of benzene rings is 1. The second kappa shape index (κ2) is 5.73. The highest BCUT2D eigenvalue weighted by Gasteiger charge is 2.33. The molecule has 0 saturated carbocycles. The molecule has 3 rings (SSSR count). The van der Waals surface area contributed by atoms with E-state index in [2.05, 4.69) is 4.98 Å². The third kappa shape index (κ3) is 3.31. The van der Waals surface area contributed by atoms with E-state index in [0.717, 1.165) is 11.3 Å². The van der Waals surface area contributed by atoms with Gasteiger partial charge in [0.25, 0.3) is 0 Å². The minimum absolute atomic E-state index is 0.0993. The van der Waals surface area contributed by atoms with Crippen molar-refractivity contribution in [2.24, 2.45) is 5.92 Å². The number of amides is 1. The molecule has 116 valence electrons. The summed E-state index contributed by atoms with van der Waals surface area (Å²) < 4.78 is 27.5. The summed E-state index contributed by atoms with van der Waals surface area (Å²) in [5.41, 5.74) is 1.58. The Morgan fingerprint density at radius 1 is 1.32 bits per heavy atom. The van der Waals surface area contributed by atoms with Gasteiger partial charge in [0.2, 0.25) is 15.0 Å². The summed E-state index contributed by atoms with van der Waals surface area (Å²) in [5, 5.41) is 0. The van der Waals surface area contributed by atoms with E-state index >= 15 is 0 Å². The number of nitrogens with zero attached hydrogens (tertiary/aromatic N) is 2. The molecule has 0 N–H and O–H groups in total. The Bertz CT molecular complexity index is 772. The summed E-state index contributed by atoms with van der Waals surface area (Å²) in [4.78, 5) is 17.5. The Morgan fingerprint density at radius 2 is 2.05 bits per heavy atom. The fourth-order valence-electron chi connectivity index (χ4n) is 2.59. The van der Waals surface area contributed by atoms with Gasteiger partial charge in [-0.25, -0.2) is 13.4 Å². The largest absolute Gasteiger partial charge is 0.444 e. The van der Waals surface area contributed by atoms with Crippen molar-refractivity contribution in [1.82, 2.24) is 4.98 Å². The van der Waals surface area contributed by atoms with Gasteiger partial charge in [0.05, 0.1) is 11.9 Å². The molecule has 1 aliphatic heterocycles. The molecule has 8 heteroatoms. The van der Waals surface area contributed by atoms with Crippen LogP contribution in [-0.4, -0.2) is 31.6 Å². The maximum absolute atomic E-state index is 12.0. The number of rotatable bonds is 4. The van der Waals surface area contributed by atoms with Gasteiger partial charge >= 0.3 is 0 Å². The van der Waals surface area contributed by atoms with Gasteiger partial charge in [0, 0.05) is 40.8 Å². The first kappa shape index (κ1) is 15.1. The maximum atomic E-state index is 12.0. The molecule has 1 saturated heterocycles. The molecule has 0 radical (unpaired) electrons. The van der Waals surface area contributed by atoms with Crippen LogP contribution >= 0.6 is 10.7 Å². The Kier molecular flexibility index (Phi) is 3.92. The third-order valence-electron chi connectivity index (χ3n) is 3.54. The van der Waals surface area contributed by atoms with E-state index in [-0.39, 0.29) is 24.0 Å². The predicted molar refractivity (Wildman–Crippen MR) is 82.0 cm³/mol. The molecule has 2 heterocycles. The molecule has 2 aromatic rings. The molecular formula is C14H13ClN2O4S. The van der Waals surface area contributed by atoms with Gasteiger partial charge in [-0.2, -0.15) is 0 Å². The lowest BCUT2D eigenvalue weighted by molar-refractivity contribution is -0.117. The fraction of sp³-hybridized carbons (Fsp3) is 0.286. The molecule has 1 atom stereocenters. The van der Waals surface area contributed by atoms with Gasteiger partial charge in [-0.3, -0.25) is 4.79 Å². The number of anilines is 1. The van der Waals surface area contributed by atoms with E-state index in [1.54, 1.807) is 23.2 Å². The number of halogens is 1. The average Bonchev–Trinajstić information content (AvgIpc) is 3.07. The molecule has 0 spiro atoms. The highest BCUT2D eigenvalue weighted by molar-refractivity contribution is 8.13. The van der Waals surface area contributed by atoms with Gasteiger partial charge in [-0.1, -0.05) is 0 Å². The van der Waals surface area contributed by atoms with Crippen molar-refractivity contribution in [2.75, 3.05) is 17.2 Å².